The van der Waals surface area contributed by atoms with Crippen molar-refractivity contribution >= 4 is 5.91 Å². The minimum absolute atomic E-state index is 0.0980. The molecule has 1 aromatic rings. The molecule has 128 valence electrons. The molecule has 7 heteroatoms. The van der Waals surface area contributed by atoms with Crippen LogP contribution in [0.1, 0.15) is 24.0 Å². The Kier molecular flexibility index (Phi) is 5.19. The second-order valence-corrected chi connectivity index (χ2v) is 6.00. The standard InChI is InChI=1S/C16H21F3N2O2/c1-10-3-4-11(2)13(7-10)23-9-15(22)21-8-12(20)5-6-14(21)16(17,18)19/h3-4,7,12,14H,5-6,8-9,20H2,1-2H3/t12-,14-/m0/s1. The molecule has 2 rings (SSSR count). The summed E-state index contributed by atoms with van der Waals surface area (Å²) >= 11 is 0. The van der Waals surface area contributed by atoms with Gasteiger partial charge in [-0.1, -0.05) is 12.1 Å². The van der Waals surface area contributed by atoms with Gasteiger partial charge in [-0.15, -0.1) is 0 Å². The van der Waals surface area contributed by atoms with E-state index in [9.17, 15) is 18.0 Å². The molecular formula is C16H21F3N2O2. The van der Waals surface area contributed by atoms with Gasteiger partial charge in [0, 0.05) is 12.6 Å². The Labute approximate surface area is 133 Å². The average Bonchev–Trinajstić information content (AvgIpc) is 2.46. The topological polar surface area (TPSA) is 55.6 Å². The van der Waals surface area contributed by atoms with Crippen LogP contribution < -0.4 is 10.5 Å². The third-order valence-electron chi connectivity index (χ3n) is 4.01. The molecule has 23 heavy (non-hydrogen) atoms. The molecule has 0 aliphatic carbocycles. The van der Waals surface area contributed by atoms with Gasteiger partial charge in [0.1, 0.15) is 11.8 Å². The lowest BCUT2D eigenvalue weighted by Gasteiger charge is -2.39. The summed E-state index contributed by atoms with van der Waals surface area (Å²) in [4.78, 5) is 13.0. The molecule has 1 aromatic carbocycles. The number of alkyl halides is 3. The molecule has 0 saturated carbocycles. The van der Waals surface area contributed by atoms with Crippen molar-refractivity contribution < 1.29 is 22.7 Å². The van der Waals surface area contributed by atoms with E-state index in [2.05, 4.69) is 0 Å². The summed E-state index contributed by atoms with van der Waals surface area (Å²) in [6.07, 6.45) is -4.36. The van der Waals surface area contributed by atoms with Crippen LogP contribution in [-0.4, -0.2) is 42.2 Å². The first-order valence-electron chi connectivity index (χ1n) is 7.50. The van der Waals surface area contributed by atoms with Gasteiger partial charge in [0.05, 0.1) is 0 Å². The number of aryl methyl sites for hydroxylation is 2. The predicted molar refractivity (Wildman–Crippen MR) is 80.2 cm³/mol. The Hall–Kier alpha value is -1.76. The smallest absolute Gasteiger partial charge is 0.408 e. The number of carbonyl (C=O) groups excluding carboxylic acids is 1. The molecule has 1 aliphatic heterocycles. The fraction of sp³-hybridized carbons (Fsp3) is 0.562. The molecule has 0 unspecified atom stereocenters. The SMILES string of the molecule is Cc1ccc(C)c(OCC(=O)N2C[C@@H](N)CC[C@H]2C(F)(F)F)c1. The van der Waals surface area contributed by atoms with Crippen molar-refractivity contribution in [2.24, 2.45) is 5.73 Å². The van der Waals surface area contributed by atoms with Gasteiger partial charge in [0.2, 0.25) is 0 Å². The summed E-state index contributed by atoms with van der Waals surface area (Å²) in [5.41, 5.74) is 7.49. The first kappa shape index (κ1) is 17.6. The molecule has 2 atom stereocenters. The highest BCUT2D eigenvalue weighted by Crippen LogP contribution is 2.31. The molecule has 1 aliphatic rings. The van der Waals surface area contributed by atoms with Crippen LogP contribution in [0.2, 0.25) is 0 Å². The van der Waals surface area contributed by atoms with Crippen LogP contribution in [-0.2, 0) is 4.79 Å². The molecule has 0 aromatic heterocycles. The van der Waals surface area contributed by atoms with E-state index in [1.54, 1.807) is 6.07 Å². The van der Waals surface area contributed by atoms with Gasteiger partial charge in [-0.05, 0) is 43.9 Å². The lowest BCUT2D eigenvalue weighted by molar-refractivity contribution is -0.197. The van der Waals surface area contributed by atoms with E-state index in [1.165, 1.54) is 0 Å². The van der Waals surface area contributed by atoms with Crippen molar-refractivity contribution in [3.8, 4) is 5.75 Å². The van der Waals surface area contributed by atoms with Crippen LogP contribution in [0, 0.1) is 13.8 Å². The fourth-order valence-corrected chi connectivity index (χ4v) is 2.70. The fourth-order valence-electron chi connectivity index (χ4n) is 2.70. The molecule has 0 spiro atoms. The highest BCUT2D eigenvalue weighted by Gasteiger charge is 2.47. The third-order valence-corrected chi connectivity index (χ3v) is 4.01. The molecule has 4 nitrogen and oxygen atoms in total. The number of ether oxygens (including phenoxy) is 1. The van der Waals surface area contributed by atoms with Crippen LogP contribution in [0.25, 0.3) is 0 Å². The van der Waals surface area contributed by atoms with Crippen LogP contribution in [0.3, 0.4) is 0 Å². The summed E-state index contributed by atoms with van der Waals surface area (Å²) in [6.45, 7) is 3.16. The maximum absolute atomic E-state index is 13.1. The minimum atomic E-state index is -4.45. The second-order valence-electron chi connectivity index (χ2n) is 6.00. The highest BCUT2D eigenvalue weighted by atomic mass is 19.4. The number of benzene rings is 1. The summed E-state index contributed by atoms with van der Waals surface area (Å²) in [7, 11) is 0. The number of halogens is 3. The number of nitrogens with two attached hydrogens (primary N) is 1. The van der Waals surface area contributed by atoms with Gasteiger partial charge in [-0.3, -0.25) is 4.79 Å². The van der Waals surface area contributed by atoms with Crippen LogP contribution in [0.4, 0.5) is 13.2 Å². The quantitative estimate of drug-likeness (QED) is 0.927. The van der Waals surface area contributed by atoms with E-state index >= 15 is 0 Å². The molecule has 1 saturated heterocycles. The number of nitrogens with zero attached hydrogens (tertiary/aromatic N) is 1. The first-order valence-corrected chi connectivity index (χ1v) is 7.50. The van der Waals surface area contributed by atoms with Crippen LogP contribution in [0.5, 0.6) is 5.75 Å². The average molecular weight is 330 g/mol. The van der Waals surface area contributed by atoms with Crippen molar-refractivity contribution in [3.63, 3.8) is 0 Å². The number of rotatable bonds is 3. The van der Waals surface area contributed by atoms with Gasteiger partial charge in [0.25, 0.3) is 5.91 Å². The largest absolute Gasteiger partial charge is 0.483 e. The Morgan fingerprint density at radius 2 is 2.04 bits per heavy atom. The van der Waals surface area contributed by atoms with E-state index in [0.717, 1.165) is 16.0 Å². The molecule has 1 fully saturated rings. The van der Waals surface area contributed by atoms with Crippen molar-refractivity contribution in [2.45, 2.75) is 44.9 Å². The van der Waals surface area contributed by atoms with Crippen LogP contribution >= 0.6 is 0 Å². The Morgan fingerprint density at radius 1 is 1.35 bits per heavy atom. The zero-order chi connectivity index (χ0) is 17.2. The zero-order valence-corrected chi connectivity index (χ0v) is 13.2. The Bertz CT molecular complexity index is 575. The summed E-state index contributed by atoms with van der Waals surface area (Å²) < 4.78 is 44.7. The van der Waals surface area contributed by atoms with Gasteiger partial charge >= 0.3 is 6.18 Å². The number of amides is 1. The summed E-state index contributed by atoms with van der Waals surface area (Å²) in [5.74, 6) is -0.188. The van der Waals surface area contributed by atoms with Gasteiger partial charge in [-0.2, -0.15) is 13.2 Å². The minimum Gasteiger partial charge on any atom is -0.483 e. The lowest BCUT2D eigenvalue weighted by Crippen LogP contribution is -2.57. The van der Waals surface area contributed by atoms with Crippen molar-refractivity contribution in [1.82, 2.24) is 4.90 Å². The van der Waals surface area contributed by atoms with E-state index in [4.69, 9.17) is 10.5 Å². The summed E-state index contributed by atoms with van der Waals surface area (Å²) in [6, 6.07) is 3.28. The maximum Gasteiger partial charge on any atom is 0.408 e. The van der Waals surface area contributed by atoms with Crippen molar-refractivity contribution in [1.29, 1.82) is 0 Å². The number of hydrogen-bond donors (Lipinski definition) is 1. The molecule has 0 bridgehead atoms. The first-order chi connectivity index (χ1) is 10.7. The van der Waals surface area contributed by atoms with Gasteiger partial charge < -0.3 is 15.4 Å². The van der Waals surface area contributed by atoms with Crippen LogP contribution in [0.15, 0.2) is 18.2 Å². The Morgan fingerprint density at radius 3 is 2.70 bits per heavy atom. The predicted octanol–water partition coefficient (Wildman–Crippen LogP) is 2.56. The highest BCUT2D eigenvalue weighted by molar-refractivity contribution is 5.78. The third kappa shape index (κ3) is 4.37. The van der Waals surface area contributed by atoms with E-state index in [-0.39, 0.29) is 19.4 Å². The molecule has 0 radical (unpaired) electrons. The normalized spacial score (nSPS) is 22.1. The lowest BCUT2D eigenvalue weighted by atomic mass is 9.98. The number of likely N-dealkylation sites (tertiary alicyclic amines) is 1. The van der Waals surface area contributed by atoms with E-state index < -0.39 is 30.8 Å². The van der Waals surface area contributed by atoms with Crippen molar-refractivity contribution in [3.05, 3.63) is 29.3 Å². The maximum atomic E-state index is 13.1. The second kappa shape index (κ2) is 6.78. The Balaban J connectivity index is 2.06. The van der Waals surface area contributed by atoms with E-state index in [1.807, 2.05) is 26.0 Å². The molecule has 1 heterocycles. The van der Waals surface area contributed by atoms with Gasteiger partial charge in [0.15, 0.2) is 6.61 Å². The zero-order valence-electron chi connectivity index (χ0n) is 13.2. The number of carbonyl (C=O) groups is 1. The molecule has 1 amide bonds. The molecular weight excluding hydrogens is 309 g/mol. The summed E-state index contributed by atoms with van der Waals surface area (Å²) in [5, 5.41) is 0. The molecule has 2 N–H and O–H groups in total. The van der Waals surface area contributed by atoms with Gasteiger partial charge in [-0.25, -0.2) is 0 Å². The van der Waals surface area contributed by atoms with E-state index in [0.29, 0.717) is 5.75 Å². The number of piperidine rings is 1. The van der Waals surface area contributed by atoms with Crippen molar-refractivity contribution in [2.75, 3.05) is 13.2 Å². The number of hydrogen-bond acceptors (Lipinski definition) is 3. The monoisotopic (exact) mass is 330 g/mol.